The quantitative estimate of drug-likeness (QED) is 0.334. The van der Waals surface area contributed by atoms with Crippen LogP contribution < -0.4 is 23.8 Å². The lowest BCUT2D eigenvalue weighted by molar-refractivity contribution is -0.114. The van der Waals surface area contributed by atoms with Crippen molar-refractivity contribution in [2.24, 2.45) is 0 Å². The number of hydrogen-bond acceptors (Lipinski definition) is 8. The number of amides is 1. The van der Waals surface area contributed by atoms with Gasteiger partial charge in [-0.15, -0.1) is 0 Å². The van der Waals surface area contributed by atoms with Crippen molar-refractivity contribution in [3.05, 3.63) is 42.0 Å². The van der Waals surface area contributed by atoms with E-state index in [1.165, 1.54) is 11.3 Å². The first-order valence-electron chi connectivity index (χ1n) is 11.4. The molecule has 0 N–H and O–H groups in total. The van der Waals surface area contributed by atoms with Gasteiger partial charge in [0.25, 0.3) is 5.91 Å². The molecule has 1 aromatic heterocycles. The fourth-order valence-corrected chi connectivity index (χ4v) is 4.70. The lowest BCUT2D eigenvalue weighted by Gasteiger charge is -2.23. The summed E-state index contributed by atoms with van der Waals surface area (Å²) >= 11 is 1.47. The van der Waals surface area contributed by atoms with E-state index in [1.807, 2.05) is 18.2 Å². The molecule has 0 fully saturated rings. The lowest BCUT2D eigenvalue weighted by Crippen LogP contribution is -2.38. The summed E-state index contributed by atoms with van der Waals surface area (Å²) in [5.74, 6) is 2.16. The summed E-state index contributed by atoms with van der Waals surface area (Å²) in [6, 6.07) is 9.32. The van der Waals surface area contributed by atoms with Crippen molar-refractivity contribution in [2.45, 2.75) is 13.8 Å². The highest BCUT2D eigenvalue weighted by atomic mass is 32.1. The maximum atomic E-state index is 13.4. The Morgan fingerprint density at radius 3 is 2.20 bits per heavy atom. The number of carbonyl (C=O) groups excluding carboxylic acids is 1. The molecule has 0 saturated carbocycles. The van der Waals surface area contributed by atoms with Crippen LogP contribution in [-0.2, 0) is 4.79 Å². The number of hydrogen-bond donors (Lipinski definition) is 0. The van der Waals surface area contributed by atoms with E-state index >= 15 is 0 Å². The normalized spacial score (nSPS) is 11.3. The van der Waals surface area contributed by atoms with Crippen molar-refractivity contribution < 1.29 is 23.7 Å². The molecular formula is C26H33N3O5S. The molecule has 1 heterocycles. The zero-order valence-corrected chi connectivity index (χ0v) is 22.0. The number of aromatic nitrogens is 1. The zero-order chi connectivity index (χ0) is 25.4. The van der Waals surface area contributed by atoms with Crippen LogP contribution in [-0.4, -0.2) is 70.4 Å². The van der Waals surface area contributed by atoms with E-state index in [0.29, 0.717) is 28.9 Å². The topological polar surface area (TPSA) is 73.4 Å². The summed E-state index contributed by atoms with van der Waals surface area (Å²) < 4.78 is 22.5. The monoisotopic (exact) mass is 499 g/mol. The van der Waals surface area contributed by atoms with Gasteiger partial charge in [0.1, 0.15) is 5.75 Å². The van der Waals surface area contributed by atoms with Crippen LogP contribution in [0.15, 0.2) is 36.4 Å². The van der Waals surface area contributed by atoms with Gasteiger partial charge in [0.15, 0.2) is 16.6 Å². The number of rotatable bonds is 12. The van der Waals surface area contributed by atoms with Crippen molar-refractivity contribution in [2.75, 3.05) is 59.5 Å². The van der Waals surface area contributed by atoms with Crippen molar-refractivity contribution in [1.82, 2.24) is 9.88 Å². The minimum absolute atomic E-state index is 0.156. The predicted molar refractivity (Wildman–Crippen MR) is 141 cm³/mol. The third-order valence-electron chi connectivity index (χ3n) is 5.72. The van der Waals surface area contributed by atoms with Gasteiger partial charge in [-0.05, 0) is 55.1 Å². The van der Waals surface area contributed by atoms with Crippen molar-refractivity contribution >= 4 is 38.7 Å². The Hall–Kier alpha value is -3.30. The number of fused-ring (bicyclic) bond motifs is 1. The van der Waals surface area contributed by atoms with Gasteiger partial charge >= 0.3 is 0 Å². The summed E-state index contributed by atoms with van der Waals surface area (Å²) in [4.78, 5) is 22.1. The van der Waals surface area contributed by atoms with Crippen LogP contribution in [0, 0.1) is 0 Å². The first-order valence-corrected chi connectivity index (χ1v) is 12.3. The average Bonchev–Trinajstić information content (AvgIpc) is 3.31. The molecule has 3 rings (SSSR count). The molecule has 35 heavy (non-hydrogen) atoms. The minimum atomic E-state index is -0.156. The second kappa shape index (κ2) is 12.4. The minimum Gasteiger partial charge on any atom is -0.497 e. The van der Waals surface area contributed by atoms with Crippen LogP contribution in [0.3, 0.4) is 0 Å². The fourth-order valence-electron chi connectivity index (χ4n) is 3.67. The Morgan fingerprint density at radius 2 is 1.63 bits per heavy atom. The first-order chi connectivity index (χ1) is 17.0. The molecule has 0 saturated heterocycles. The van der Waals surface area contributed by atoms with Crippen LogP contribution >= 0.6 is 11.3 Å². The Bertz CT molecular complexity index is 1150. The van der Waals surface area contributed by atoms with Gasteiger partial charge in [-0.2, -0.15) is 0 Å². The highest BCUT2D eigenvalue weighted by Crippen LogP contribution is 2.38. The molecule has 0 aliphatic heterocycles. The largest absolute Gasteiger partial charge is 0.497 e. The summed E-state index contributed by atoms with van der Waals surface area (Å²) in [7, 11) is 6.32. The molecule has 9 heteroatoms. The number of nitrogens with zero attached hydrogens (tertiary/aromatic N) is 3. The van der Waals surface area contributed by atoms with E-state index in [-0.39, 0.29) is 5.91 Å². The Balaban J connectivity index is 1.93. The van der Waals surface area contributed by atoms with Crippen LogP contribution in [0.25, 0.3) is 16.3 Å². The zero-order valence-electron chi connectivity index (χ0n) is 21.2. The van der Waals surface area contributed by atoms with E-state index in [4.69, 9.17) is 23.9 Å². The Labute approximate surface area is 210 Å². The predicted octanol–water partition coefficient (Wildman–Crippen LogP) is 4.72. The summed E-state index contributed by atoms with van der Waals surface area (Å²) in [6.07, 6.45) is 3.29. The second-order valence-corrected chi connectivity index (χ2v) is 8.65. The molecule has 0 unspecified atom stereocenters. The van der Waals surface area contributed by atoms with Crippen molar-refractivity contribution in [1.29, 1.82) is 0 Å². The van der Waals surface area contributed by atoms with E-state index in [2.05, 4.69) is 18.7 Å². The third-order valence-corrected chi connectivity index (χ3v) is 6.76. The number of thiazole rings is 1. The molecule has 0 atom stereocenters. The maximum Gasteiger partial charge on any atom is 0.252 e. The number of carbonyl (C=O) groups is 1. The van der Waals surface area contributed by atoms with Gasteiger partial charge in [-0.1, -0.05) is 25.2 Å². The van der Waals surface area contributed by atoms with Gasteiger partial charge < -0.3 is 23.8 Å². The first kappa shape index (κ1) is 26.3. The Morgan fingerprint density at radius 1 is 0.943 bits per heavy atom. The highest BCUT2D eigenvalue weighted by Gasteiger charge is 2.19. The molecule has 0 aliphatic rings. The second-order valence-electron chi connectivity index (χ2n) is 7.64. The summed E-state index contributed by atoms with van der Waals surface area (Å²) in [6.45, 7) is 7.33. The van der Waals surface area contributed by atoms with E-state index < -0.39 is 0 Å². The molecule has 188 valence electrons. The molecule has 0 spiro atoms. The van der Waals surface area contributed by atoms with E-state index in [9.17, 15) is 4.79 Å². The fraction of sp³-hybridized carbons (Fsp3) is 0.385. The van der Waals surface area contributed by atoms with Crippen LogP contribution in [0.1, 0.15) is 19.4 Å². The Kier molecular flexibility index (Phi) is 9.33. The number of benzene rings is 2. The lowest BCUT2D eigenvalue weighted by atomic mass is 10.1. The molecule has 0 radical (unpaired) electrons. The molecule has 8 nitrogen and oxygen atoms in total. The molecular weight excluding hydrogens is 466 g/mol. The van der Waals surface area contributed by atoms with Gasteiger partial charge in [0.2, 0.25) is 5.75 Å². The summed E-state index contributed by atoms with van der Waals surface area (Å²) in [5.41, 5.74) is 1.59. The SMILES string of the molecule is CCN(CC)CCN(C(=O)C=Cc1cc(OC)c(OC)c(OC)c1)c1nc2ccc(OC)cc2s1. The molecule has 2 aromatic carbocycles. The van der Waals surface area contributed by atoms with Crippen molar-refractivity contribution in [3.8, 4) is 23.0 Å². The molecule has 0 bridgehead atoms. The van der Waals surface area contributed by atoms with E-state index in [0.717, 1.165) is 41.2 Å². The van der Waals surface area contributed by atoms with Crippen LogP contribution in [0.5, 0.6) is 23.0 Å². The number of likely N-dealkylation sites (N-methyl/N-ethyl adjacent to an activating group) is 1. The molecule has 1 amide bonds. The van der Waals surface area contributed by atoms with Crippen molar-refractivity contribution in [3.63, 3.8) is 0 Å². The third kappa shape index (κ3) is 6.23. The van der Waals surface area contributed by atoms with Gasteiger partial charge in [-0.3, -0.25) is 9.69 Å². The average molecular weight is 500 g/mol. The van der Waals surface area contributed by atoms with E-state index in [1.54, 1.807) is 57.6 Å². The maximum absolute atomic E-state index is 13.4. The number of ether oxygens (including phenoxy) is 4. The smallest absolute Gasteiger partial charge is 0.252 e. The van der Waals surface area contributed by atoms with Gasteiger partial charge in [0, 0.05) is 19.2 Å². The van der Waals surface area contributed by atoms with Crippen LogP contribution in [0.4, 0.5) is 5.13 Å². The van der Waals surface area contributed by atoms with Gasteiger partial charge in [-0.25, -0.2) is 4.98 Å². The standard InChI is InChI=1S/C26H33N3O5S/c1-7-28(8-2)13-14-29(26-27-20-11-10-19(31-3)17-23(20)35-26)24(30)12-9-18-15-21(32-4)25(34-6)22(16-18)33-5/h9-12,15-17H,7-8,13-14H2,1-6H3. The van der Waals surface area contributed by atoms with Crippen LogP contribution in [0.2, 0.25) is 0 Å². The molecule has 0 aliphatic carbocycles. The summed E-state index contributed by atoms with van der Waals surface area (Å²) in [5, 5.41) is 0.653. The molecule has 3 aromatic rings. The number of methoxy groups -OCH3 is 4. The number of anilines is 1. The highest BCUT2D eigenvalue weighted by molar-refractivity contribution is 7.22. The van der Waals surface area contributed by atoms with Gasteiger partial charge in [0.05, 0.1) is 38.7 Å².